The Balaban J connectivity index is 1.23. The third kappa shape index (κ3) is 3.57. The van der Waals surface area contributed by atoms with Gasteiger partial charge in [0.2, 0.25) is 5.91 Å². The molecule has 26 heavy (non-hydrogen) atoms. The molecule has 0 spiro atoms. The average Bonchev–Trinajstić information content (AvgIpc) is 3.37. The van der Waals surface area contributed by atoms with Crippen molar-refractivity contribution in [2.24, 2.45) is 5.92 Å². The van der Waals surface area contributed by atoms with Gasteiger partial charge in [0.1, 0.15) is 5.75 Å². The third-order valence-corrected chi connectivity index (χ3v) is 5.40. The van der Waals surface area contributed by atoms with Gasteiger partial charge in [-0.15, -0.1) is 0 Å². The van der Waals surface area contributed by atoms with Crippen molar-refractivity contribution in [2.75, 3.05) is 38.2 Å². The van der Waals surface area contributed by atoms with Crippen molar-refractivity contribution in [3.8, 4) is 5.75 Å². The molecule has 1 saturated carbocycles. The van der Waals surface area contributed by atoms with Gasteiger partial charge in [0.05, 0.1) is 18.8 Å². The first kappa shape index (κ1) is 17.0. The Hall–Kier alpha value is -2.44. The Labute approximate surface area is 153 Å². The number of amides is 3. The Morgan fingerprint density at radius 2 is 1.81 bits per heavy atom. The molecule has 0 aromatic heterocycles. The molecule has 2 saturated heterocycles. The SMILES string of the molecule is COc1ccccc1N1CCC(NC(=O)N2CC(NC(=O)C3CC3)C2)C1. The maximum Gasteiger partial charge on any atom is 0.317 e. The minimum atomic E-state index is -0.0335. The molecule has 3 aliphatic rings. The highest BCUT2D eigenvalue weighted by molar-refractivity contribution is 5.82. The number of urea groups is 1. The van der Waals surface area contributed by atoms with Gasteiger partial charge in [-0.25, -0.2) is 4.79 Å². The minimum Gasteiger partial charge on any atom is -0.495 e. The van der Waals surface area contributed by atoms with Gasteiger partial charge in [-0.05, 0) is 31.4 Å². The van der Waals surface area contributed by atoms with Crippen LogP contribution < -0.4 is 20.3 Å². The van der Waals surface area contributed by atoms with E-state index in [-0.39, 0.29) is 29.9 Å². The molecule has 2 N–H and O–H groups in total. The van der Waals surface area contributed by atoms with Crippen molar-refractivity contribution >= 4 is 17.6 Å². The van der Waals surface area contributed by atoms with Crippen molar-refractivity contribution < 1.29 is 14.3 Å². The van der Waals surface area contributed by atoms with E-state index in [1.165, 1.54) is 0 Å². The van der Waals surface area contributed by atoms with Crippen molar-refractivity contribution in [1.29, 1.82) is 0 Å². The summed E-state index contributed by atoms with van der Waals surface area (Å²) in [5, 5.41) is 6.13. The lowest BCUT2D eigenvalue weighted by atomic mass is 10.1. The van der Waals surface area contributed by atoms with Gasteiger partial charge in [-0.2, -0.15) is 0 Å². The van der Waals surface area contributed by atoms with Gasteiger partial charge in [0.15, 0.2) is 0 Å². The monoisotopic (exact) mass is 358 g/mol. The molecule has 2 aliphatic heterocycles. The number of anilines is 1. The fraction of sp³-hybridized carbons (Fsp3) is 0.579. The van der Waals surface area contributed by atoms with E-state index in [0.29, 0.717) is 13.1 Å². The van der Waals surface area contributed by atoms with E-state index in [9.17, 15) is 9.59 Å². The van der Waals surface area contributed by atoms with Crippen LogP contribution >= 0.6 is 0 Å². The number of carbonyl (C=O) groups excluding carboxylic acids is 2. The van der Waals surface area contributed by atoms with E-state index < -0.39 is 0 Å². The second-order valence-corrected chi connectivity index (χ2v) is 7.44. The number of hydrogen-bond donors (Lipinski definition) is 2. The topological polar surface area (TPSA) is 73.9 Å². The zero-order chi connectivity index (χ0) is 18.1. The largest absolute Gasteiger partial charge is 0.495 e. The van der Waals surface area contributed by atoms with E-state index in [1.807, 2.05) is 24.3 Å². The summed E-state index contributed by atoms with van der Waals surface area (Å²) in [5.41, 5.74) is 1.07. The number of para-hydroxylation sites is 2. The van der Waals surface area contributed by atoms with Crippen LogP contribution in [0.5, 0.6) is 5.75 Å². The molecule has 7 nitrogen and oxygen atoms in total. The van der Waals surface area contributed by atoms with E-state index in [0.717, 1.165) is 43.8 Å². The van der Waals surface area contributed by atoms with Crippen LogP contribution in [0.1, 0.15) is 19.3 Å². The number of nitrogens with one attached hydrogen (secondary N) is 2. The number of methoxy groups -OCH3 is 1. The highest BCUT2D eigenvalue weighted by Gasteiger charge is 2.37. The van der Waals surface area contributed by atoms with Crippen molar-refractivity contribution in [2.45, 2.75) is 31.3 Å². The summed E-state index contributed by atoms with van der Waals surface area (Å²) >= 11 is 0. The van der Waals surface area contributed by atoms with Gasteiger partial charge in [0.25, 0.3) is 0 Å². The lowest BCUT2D eigenvalue weighted by Crippen LogP contribution is -2.63. The van der Waals surface area contributed by atoms with Crippen molar-refractivity contribution in [3.05, 3.63) is 24.3 Å². The molecule has 1 aliphatic carbocycles. The predicted molar refractivity (Wildman–Crippen MR) is 98.4 cm³/mol. The lowest BCUT2D eigenvalue weighted by molar-refractivity contribution is -0.123. The third-order valence-electron chi connectivity index (χ3n) is 5.40. The van der Waals surface area contributed by atoms with Gasteiger partial charge in [-0.3, -0.25) is 4.79 Å². The molecular formula is C19H26N4O3. The van der Waals surface area contributed by atoms with Gasteiger partial charge in [0, 0.05) is 38.1 Å². The van der Waals surface area contributed by atoms with E-state index >= 15 is 0 Å². The number of likely N-dealkylation sites (tertiary alicyclic amines) is 1. The maximum atomic E-state index is 12.4. The molecule has 2 heterocycles. The molecule has 1 aromatic carbocycles. The van der Waals surface area contributed by atoms with Crippen LogP contribution in [0, 0.1) is 5.92 Å². The Morgan fingerprint density at radius 1 is 1.04 bits per heavy atom. The molecule has 3 fully saturated rings. The van der Waals surface area contributed by atoms with Crippen LogP contribution in [0.2, 0.25) is 0 Å². The number of benzene rings is 1. The van der Waals surface area contributed by atoms with Gasteiger partial charge < -0.3 is 25.2 Å². The summed E-state index contributed by atoms with van der Waals surface area (Å²) in [4.78, 5) is 28.1. The molecular weight excluding hydrogens is 332 g/mol. The number of hydrogen-bond acceptors (Lipinski definition) is 4. The number of rotatable bonds is 5. The summed E-state index contributed by atoms with van der Waals surface area (Å²) in [6.45, 7) is 2.88. The fourth-order valence-corrected chi connectivity index (χ4v) is 3.65. The molecule has 3 amide bonds. The maximum absolute atomic E-state index is 12.4. The summed E-state index contributed by atoms with van der Waals surface area (Å²) in [5.74, 6) is 1.23. The first-order chi connectivity index (χ1) is 12.6. The van der Waals surface area contributed by atoms with E-state index in [1.54, 1.807) is 12.0 Å². The second kappa shape index (κ2) is 7.05. The van der Waals surface area contributed by atoms with E-state index in [2.05, 4.69) is 15.5 Å². The van der Waals surface area contributed by atoms with Crippen LogP contribution in [-0.4, -0.2) is 62.2 Å². The highest BCUT2D eigenvalue weighted by atomic mass is 16.5. The quantitative estimate of drug-likeness (QED) is 0.829. The molecule has 1 aromatic rings. The van der Waals surface area contributed by atoms with Crippen LogP contribution in [0.3, 0.4) is 0 Å². The molecule has 4 rings (SSSR count). The molecule has 1 unspecified atom stereocenters. The molecule has 0 bridgehead atoms. The van der Waals surface area contributed by atoms with Crippen LogP contribution in [0.15, 0.2) is 24.3 Å². The smallest absolute Gasteiger partial charge is 0.317 e. The molecule has 1 atom stereocenters. The molecule has 7 heteroatoms. The summed E-state index contributed by atoms with van der Waals surface area (Å²) in [7, 11) is 1.68. The van der Waals surface area contributed by atoms with Crippen molar-refractivity contribution in [3.63, 3.8) is 0 Å². The lowest BCUT2D eigenvalue weighted by Gasteiger charge is -2.40. The number of nitrogens with zero attached hydrogens (tertiary/aromatic N) is 2. The first-order valence-electron chi connectivity index (χ1n) is 9.38. The standard InChI is InChI=1S/C19H26N4O3/c1-26-17-5-3-2-4-16(17)22-9-8-14(10-22)21-19(25)23-11-15(12-23)20-18(24)13-6-7-13/h2-5,13-15H,6-12H2,1H3,(H,20,24)(H,21,25). The van der Waals surface area contributed by atoms with Gasteiger partial charge >= 0.3 is 6.03 Å². The first-order valence-corrected chi connectivity index (χ1v) is 9.38. The van der Waals surface area contributed by atoms with Crippen LogP contribution in [0.4, 0.5) is 10.5 Å². The summed E-state index contributed by atoms with van der Waals surface area (Å²) < 4.78 is 5.43. The number of carbonyl (C=O) groups is 2. The molecule has 0 radical (unpaired) electrons. The summed E-state index contributed by atoms with van der Waals surface area (Å²) in [6, 6.07) is 8.17. The Kier molecular flexibility index (Phi) is 4.61. The van der Waals surface area contributed by atoms with E-state index in [4.69, 9.17) is 4.74 Å². The van der Waals surface area contributed by atoms with Crippen molar-refractivity contribution in [1.82, 2.24) is 15.5 Å². The molecule has 140 valence electrons. The average molecular weight is 358 g/mol. The Bertz CT molecular complexity index is 685. The minimum absolute atomic E-state index is 0.0335. The number of ether oxygens (including phenoxy) is 1. The normalized spacial score (nSPS) is 22.7. The second-order valence-electron chi connectivity index (χ2n) is 7.44. The van der Waals surface area contributed by atoms with Crippen LogP contribution in [-0.2, 0) is 4.79 Å². The fourth-order valence-electron chi connectivity index (χ4n) is 3.65. The zero-order valence-electron chi connectivity index (χ0n) is 15.1. The van der Waals surface area contributed by atoms with Crippen LogP contribution in [0.25, 0.3) is 0 Å². The highest BCUT2D eigenvalue weighted by Crippen LogP contribution is 2.31. The zero-order valence-corrected chi connectivity index (χ0v) is 15.1. The predicted octanol–water partition coefficient (Wildman–Crippen LogP) is 1.19. The Morgan fingerprint density at radius 3 is 2.54 bits per heavy atom. The van der Waals surface area contributed by atoms with Gasteiger partial charge in [-0.1, -0.05) is 12.1 Å². The summed E-state index contributed by atoms with van der Waals surface area (Å²) in [6.07, 6.45) is 2.93.